The van der Waals surface area contributed by atoms with Crippen LogP contribution in [-0.2, 0) is 16.3 Å². The first kappa shape index (κ1) is 35.8. The quantitative estimate of drug-likeness (QED) is 0.198. The van der Waals surface area contributed by atoms with E-state index in [1.54, 1.807) is 4.90 Å². The molecule has 4 rings (SSSR count). The SMILES string of the molecule is COc1cc(-c2cc(C(=O)N3CCC(C(=O)N[C@H]4CC[C@@](O)(C(F)(F)F)CC4)CC3(C)C)nn2COCC[Si](C)(C)C)c(F)cn1. The minimum absolute atomic E-state index is 0.00431. The third-order valence-electron chi connectivity index (χ3n) is 9.00. The Hall–Kier alpha value is -3.04. The molecule has 46 heavy (non-hydrogen) atoms. The highest BCUT2D eigenvalue weighted by atomic mass is 28.3. The maximum absolute atomic E-state index is 15.0. The van der Waals surface area contributed by atoms with Crippen LogP contribution in [-0.4, -0.2) is 88.3 Å². The third-order valence-corrected chi connectivity index (χ3v) is 10.7. The molecule has 0 aromatic carbocycles. The number of hydrogen-bond acceptors (Lipinski definition) is 7. The number of piperidine rings is 1. The molecule has 3 heterocycles. The molecule has 1 aliphatic heterocycles. The Kier molecular flexibility index (Phi) is 10.6. The van der Waals surface area contributed by atoms with Crippen LogP contribution in [0.5, 0.6) is 5.88 Å². The highest BCUT2D eigenvalue weighted by molar-refractivity contribution is 6.76. The van der Waals surface area contributed by atoms with Crippen molar-refractivity contribution in [2.45, 2.75) is 108 Å². The Balaban J connectivity index is 1.47. The highest BCUT2D eigenvalue weighted by Crippen LogP contribution is 2.42. The molecule has 1 saturated carbocycles. The molecule has 2 N–H and O–H groups in total. The van der Waals surface area contributed by atoms with Crippen molar-refractivity contribution in [2.24, 2.45) is 5.92 Å². The number of rotatable bonds is 10. The zero-order valence-electron chi connectivity index (χ0n) is 27.3. The summed E-state index contributed by atoms with van der Waals surface area (Å²) < 4.78 is 67.1. The second kappa shape index (κ2) is 13.6. The fraction of sp³-hybridized carbons (Fsp3) is 0.677. The van der Waals surface area contributed by atoms with E-state index in [9.17, 15) is 32.3 Å². The predicted octanol–water partition coefficient (Wildman–Crippen LogP) is 5.39. The molecule has 256 valence electrons. The fourth-order valence-corrected chi connectivity index (χ4v) is 6.83. The van der Waals surface area contributed by atoms with Crippen LogP contribution >= 0.6 is 0 Å². The first-order valence-electron chi connectivity index (χ1n) is 15.6. The van der Waals surface area contributed by atoms with Crippen LogP contribution in [0.2, 0.25) is 25.7 Å². The summed E-state index contributed by atoms with van der Waals surface area (Å²) in [4.78, 5) is 32.6. The number of amides is 2. The molecule has 2 aromatic heterocycles. The third kappa shape index (κ3) is 8.26. The van der Waals surface area contributed by atoms with Crippen molar-refractivity contribution in [1.29, 1.82) is 0 Å². The first-order chi connectivity index (χ1) is 21.3. The lowest BCUT2D eigenvalue weighted by molar-refractivity contribution is -0.270. The molecule has 1 aliphatic carbocycles. The van der Waals surface area contributed by atoms with Gasteiger partial charge in [-0.15, -0.1) is 0 Å². The number of aromatic nitrogens is 3. The molecule has 1 atom stereocenters. The number of carbonyl (C=O) groups is 2. The van der Waals surface area contributed by atoms with Gasteiger partial charge in [0.1, 0.15) is 6.73 Å². The van der Waals surface area contributed by atoms with E-state index in [-0.39, 0.29) is 55.1 Å². The number of halogens is 4. The van der Waals surface area contributed by atoms with Gasteiger partial charge in [-0.1, -0.05) is 19.6 Å². The smallest absolute Gasteiger partial charge is 0.417 e. The molecule has 1 unspecified atom stereocenters. The molecule has 0 radical (unpaired) electrons. The number of aliphatic hydroxyl groups is 1. The van der Waals surface area contributed by atoms with Gasteiger partial charge in [0.25, 0.3) is 5.91 Å². The van der Waals surface area contributed by atoms with Crippen LogP contribution in [0.1, 0.15) is 62.9 Å². The number of ether oxygens (including phenoxy) is 2. The molecular formula is C31H45F4N5O5Si. The molecule has 10 nitrogen and oxygen atoms in total. The minimum Gasteiger partial charge on any atom is -0.481 e. The lowest BCUT2D eigenvalue weighted by Crippen LogP contribution is -2.56. The van der Waals surface area contributed by atoms with E-state index in [2.05, 4.69) is 35.0 Å². The predicted molar refractivity (Wildman–Crippen MR) is 165 cm³/mol. The summed E-state index contributed by atoms with van der Waals surface area (Å²) in [5.41, 5.74) is -2.91. The fourth-order valence-electron chi connectivity index (χ4n) is 6.08. The number of carbonyl (C=O) groups excluding carboxylic acids is 2. The van der Waals surface area contributed by atoms with Crippen LogP contribution in [0.4, 0.5) is 17.6 Å². The number of alkyl halides is 3. The Morgan fingerprint density at radius 2 is 1.83 bits per heavy atom. The van der Waals surface area contributed by atoms with Gasteiger partial charge >= 0.3 is 6.18 Å². The van der Waals surface area contributed by atoms with Crippen LogP contribution in [0.25, 0.3) is 11.3 Å². The van der Waals surface area contributed by atoms with Crippen molar-refractivity contribution in [3.05, 3.63) is 29.8 Å². The van der Waals surface area contributed by atoms with Crippen LogP contribution < -0.4 is 10.1 Å². The first-order valence-corrected chi connectivity index (χ1v) is 19.3. The Morgan fingerprint density at radius 1 is 1.15 bits per heavy atom. The molecule has 0 spiro atoms. The number of nitrogens with one attached hydrogen (secondary N) is 1. The number of pyridine rings is 1. The number of nitrogens with zero attached hydrogens (tertiary/aromatic N) is 4. The van der Waals surface area contributed by atoms with Gasteiger partial charge in [0.05, 0.1) is 19.0 Å². The average Bonchev–Trinajstić information content (AvgIpc) is 3.39. The number of hydrogen-bond donors (Lipinski definition) is 2. The lowest BCUT2D eigenvalue weighted by Gasteiger charge is -2.45. The van der Waals surface area contributed by atoms with Gasteiger partial charge in [-0.3, -0.25) is 9.59 Å². The van der Waals surface area contributed by atoms with Crippen LogP contribution in [0.3, 0.4) is 0 Å². The van der Waals surface area contributed by atoms with Gasteiger partial charge in [-0.05, 0) is 64.5 Å². The summed E-state index contributed by atoms with van der Waals surface area (Å²) in [7, 11) is 0.0561. The Morgan fingerprint density at radius 3 is 2.41 bits per heavy atom. The van der Waals surface area contributed by atoms with Gasteiger partial charge < -0.3 is 24.8 Å². The lowest BCUT2D eigenvalue weighted by atomic mass is 9.80. The summed E-state index contributed by atoms with van der Waals surface area (Å²) in [6.45, 7) is 11.1. The maximum Gasteiger partial charge on any atom is 0.417 e. The number of likely N-dealkylation sites (tertiary alicyclic amines) is 1. The maximum atomic E-state index is 15.0. The normalized spacial score (nSPS) is 23.7. The zero-order chi connectivity index (χ0) is 34.1. The van der Waals surface area contributed by atoms with Crippen molar-refractivity contribution in [3.63, 3.8) is 0 Å². The summed E-state index contributed by atoms with van der Waals surface area (Å²) in [5, 5.41) is 17.3. The second-order valence-corrected chi connectivity index (χ2v) is 19.9. The largest absolute Gasteiger partial charge is 0.481 e. The summed E-state index contributed by atoms with van der Waals surface area (Å²) in [6, 6.07) is 3.41. The molecule has 2 aliphatic rings. The Bertz CT molecular complexity index is 1400. The standard InChI is InChI=1S/C31H45F4N5O5Si/c1-29(2)17-20(27(41)37-21-7-10-30(43,11-8-21)31(33,34)35)9-12-39(29)28(42)24-16-25(22-15-26(44-3)36-18-23(22)32)40(38-24)19-45-13-14-46(4,5)6/h15-16,18,20-21,43H,7-14,17,19H2,1-6H3,(H,37,41)/t20?,21-,30-. The molecule has 1 saturated heterocycles. The monoisotopic (exact) mass is 671 g/mol. The van der Waals surface area contributed by atoms with Gasteiger partial charge in [0.15, 0.2) is 17.1 Å². The Labute approximate surface area is 267 Å². The topological polar surface area (TPSA) is 119 Å². The van der Waals surface area contributed by atoms with Crippen LogP contribution in [0, 0.1) is 11.7 Å². The van der Waals surface area contributed by atoms with Crippen molar-refractivity contribution in [3.8, 4) is 17.1 Å². The molecule has 15 heteroatoms. The van der Waals surface area contributed by atoms with E-state index in [1.807, 2.05) is 13.8 Å². The number of methoxy groups -OCH3 is 1. The van der Waals surface area contributed by atoms with Crippen molar-refractivity contribution >= 4 is 19.9 Å². The summed E-state index contributed by atoms with van der Waals surface area (Å²) >= 11 is 0. The zero-order valence-corrected chi connectivity index (χ0v) is 28.3. The summed E-state index contributed by atoms with van der Waals surface area (Å²) in [5.74, 6) is -1.52. The van der Waals surface area contributed by atoms with Gasteiger partial charge in [0, 0.05) is 50.4 Å². The van der Waals surface area contributed by atoms with E-state index in [1.165, 1.54) is 23.9 Å². The van der Waals surface area contributed by atoms with Gasteiger partial charge in [-0.25, -0.2) is 14.1 Å². The van der Waals surface area contributed by atoms with Crippen molar-refractivity contribution in [2.75, 3.05) is 20.3 Å². The second-order valence-electron chi connectivity index (χ2n) is 14.2. The van der Waals surface area contributed by atoms with E-state index < -0.39 is 56.0 Å². The van der Waals surface area contributed by atoms with Crippen molar-refractivity contribution in [1.82, 2.24) is 25.0 Å². The van der Waals surface area contributed by atoms with E-state index in [0.717, 1.165) is 12.2 Å². The molecule has 2 amide bonds. The van der Waals surface area contributed by atoms with Crippen LogP contribution in [0.15, 0.2) is 18.3 Å². The van der Waals surface area contributed by atoms with Gasteiger partial charge in [0.2, 0.25) is 11.8 Å². The molecular weight excluding hydrogens is 626 g/mol. The van der Waals surface area contributed by atoms with E-state index >= 15 is 0 Å². The van der Waals surface area contributed by atoms with Gasteiger partial charge in [-0.2, -0.15) is 18.3 Å². The van der Waals surface area contributed by atoms with Crippen molar-refractivity contribution < 1.29 is 41.7 Å². The molecule has 2 aromatic rings. The highest BCUT2D eigenvalue weighted by Gasteiger charge is 2.55. The molecule has 2 fully saturated rings. The van der Waals surface area contributed by atoms with E-state index in [4.69, 9.17) is 9.47 Å². The minimum atomic E-state index is -4.71. The molecule has 0 bridgehead atoms. The van der Waals surface area contributed by atoms with E-state index in [0.29, 0.717) is 25.1 Å². The summed E-state index contributed by atoms with van der Waals surface area (Å²) in [6.07, 6.45) is -3.86. The average molecular weight is 672 g/mol.